The molecule has 1 aromatic carbocycles. The first-order valence-corrected chi connectivity index (χ1v) is 10.6. The highest BCUT2D eigenvalue weighted by atomic mass is 35.5. The highest BCUT2D eigenvalue weighted by molar-refractivity contribution is 6.37. The second-order valence-corrected chi connectivity index (χ2v) is 8.09. The van der Waals surface area contributed by atoms with Crippen LogP contribution < -0.4 is 20.1 Å². The molecule has 0 saturated carbocycles. The molecule has 3 heterocycles. The number of nitrogens with zero attached hydrogens (tertiary/aromatic N) is 3. The molecule has 180 valence electrons. The van der Waals surface area contributed by atoms with Crippen LogP contribution in [0.4, 0.5) is 24.7 Å². The third-order valence-corrected chi connectivity index (χ3v) is 5.99. The van der Waals surface area contributed by atoms with Gasteiger partial charge in [-0.05, 0) is 29.8 Å². The third-order valence-electron chi connectivity index (χ3n) is 5.33. The van der Waals surface area contributed by atoms with Crippen molar-refractivity contribution >= 4 is 40.6 Å². The molecule has 0 fully saturated rings. The summed E-state index contributed by atoms with van der Waals surface area (Å²) in [5.74, 6) is -0.154. The van der Waals surface area contributed by atoms with Gasteiger partial charge in [0.15, 0.2) is 28.4 Å². The number of alkyl halides is 3. The van der Waals surface area contributed by atoms with Crippen molar-refractivity contribution in [3.63, 3.8) is 0 Å². The smallest absolute Gasteiger partial charge is 0.410 e. The Hall–Kier alpha value is -3.18. The molecule has 0 radical (unpaired) electrons. The van der Waals surface area contributed by atoms with Crippen LogP contribution in [0.5, 0.6) is 11.5 Å². The van der Waals surface area contributed by atoms with Gasteiger partial charge < -0.3 is 20.1 Å². The Labute approximate surface area is 202 Å². The number of carbonyl (C=O) groups is 1. The molecule has 0 unspecified atom stereocenters. The van der Waals surface area contributed by atoms with Crippen molar-refractivity contribution in [2.45, 2.75) is 24.7 Å². The van der Waals surface area contributed by atoms with E-state index < -0.39 is 24.2 Å². The van der Waals surface area contributed by atoms with Crippen molar-refractivity contribution in [2.75, 3.05) is 24.9 Å². The Balaban J connectivity index is 1.72. The summed E-state index contributed by atoms with van der Waals surface area (Å²) in [7, 11) is 2.89. The van der Waals surface area contributed by atoms with Gasteiger partial charge in [-0.15, -0.1) is 0 Å². The van der Waals surface area contributed by atoms with E-state index in [0.29, 0.717) is 21.7 Å². The van der Waals surface area contributed by atoms with E-state index in [1.54, 1.807) is 18.2 Å². The Morgan fingerprint density at radius 1 is 1.21 bits per heavy atom. The number of carbonyl (C=O) groups excluding carboxylic acids is 1. The molecule has 0 saturated heterocycles. The Bertz CT molecular complexity index is 1230. The van der Waals surface area contributed by atoms with Crippen LogP contribution in [0.3, 0.4) is 0 Å². The van der Waals surface area contributed by atoms with E-state index in [1.165, 1.54) is 32.5 Å². The van der Waals surface area contributed by atoms with Gasteiger partial charge in [-0.3, -0.25) is 4.79 Å². The standard InChI is InChI=1S/C21H18Cl2F3N5O3/c1-33-13-6-5-10(8-14(13)34-2)12-9-15(21(24,25)26)31-19(28-12)16(22)17(30-31)20(32)29-11-4-3-7-27-18(11)23/h3-8,12,15,28H,9H2,1-2H3,(H,29,32)/t12-,15-/m1/s1. The monoisotopic (exact) mass is 515 g/mol. The molecule has 1 amide bonds. The van der Waals surface area contributed by atoms with E-state index in [2.05, 4.69) is 20.7 Å². The zero-order valence-electron chi connectivity index (χ0n) is 17.8. The van der Waals surface area contributed by atoms with Crippen LogP contribution in [-0.2, 0) is 0 Å². The van der Waals surface area contributed by atoms with Crippen molar-refractivity contribution in [1.82, 2.24) is 14.8 Å². The summed E-state index contributed by atoms with van der Waals surface area (Å²) in [5, 5.41) is 9.10. The van der Waals surface area contributed by atoms with E-state index in [0.717, 1.165) is 0 Å². The minimum Gasteiger partial charge on any atom is -0.493 e. The summed E-state index contributed by atoms with van der Waals surface area (Å²) in [5.41, 5.74) is 0.301. The second-order valence-electron chi connectivity index (χ2n) is 7.36. The Kier molecular flexibility index (Phi) is 6.50. The number of hydrogen-bond donors (Lipinski definition) is 2. The van der Waals surface area contributed by atoms with Gasteiger partial charge in [0.05, 0.1) is 25.9 Å². The number of amides is 1. The molecule has 2 atom stereocenters. The van der Waals surface area contributed by atoms with Crippen LogP contribution in [0.25, 0.3) is 0 Å². The molecule has 2 N–H and O–H groups in total. The lowest BCUT2D eigenvalue weighted by molar-refractivity contribution is -0.173. The summed E-state index contributed by atoms with van der Waals surface area (Å²) in [6, 6.07) is 5.02. The van der Waals surface area contributed by atoms with Gasteiger partial charge in [-0.25, -0.2) is 9.67 Å². The van der Waals surface area contributed by atoms with Gasteiger partial charge in [0.1, 0.15) is 10.8 Å². The highest BCUT2D eigenvalue weighted by Crippen LogP contribution is 2.47. The van der Waals surface area contributed by atoms with Crippen LogP contribution in [0.1, 0.15) is 34.6 Å². The van der Waals surface area contributed by atoms with Gasteiger partial charge in [-0.1, -0.05) is 29.3 Å². The summed E-state index contributed by atoms with van der Waals surface area (Å²) in [4.78, 5) is 16.6. The summed E-state index contributed by atoms with van der Waals surface area (Å²) in [6.07, 6.45) is -3.62. The maximum Gasteiger partial charge on any atom is 0.410 e. The number of nitrogens with one attached hydrogen (secondary N) is 2. The zero-order valence-corrected chi connectivity index (χ0v) is 19.3. The normalized spacial score (nSPS) is 17.5. The van der Waals surface area contributed by atoms with Crippen molar-refractivity contribution in [2.24, 2.45) is 0 Å². The van der Waals surface area contributed by atoms with E-state index in [1.807, 2.05) is 0 Å². The number of benzene rings is 1. The molecule has 2 aromatic heterocycles. The van der Waals surface area contributed by atoms with E-state index in [9.17, 15) is 18.0 Å². The average molecular weight is 516 g/mol. The number of anilines is 2. The molecular formula is C21H18Cl2F3N5O3. The molecule has 0 spiro atoms. The van der Waals surface area contributed by atoms with Gasteiger partial charge in [0, 0.05) is 12.6 Å². The predicted molar refractivity (Wildman–Crippen MR) is 120 cm³/mol. The van der Waals surface area contributed by atoms with Gasteiger partial charge in [0.2, 0.25) is 0 Å². The summed E-state index contributed by atoms with van der Waals surface area (Å²) in [6.45, 7) is 0. The number of aromatic nitrogens is 3. The average Bonchev–Trinajstić information content (AvgIpc) is 3.15. The number of pyridine rings is 1. The maximum absolute atomic E-state index is 14.0. The molecule has 34 heavy (non-hydrogen) atoms. The molecular weight excluding hydrogens is 498 g/mol. The zero-order chi connectivity index (χ0) is 24.6. The van der Waals surface area contributed by atoms with Crippen LogP contribution >= 0.6 is 23.2 Å². The maximum atomic E-state index is 14.0. The van der Waals surface area contributed by atoms with E-state index in [4.69, 9.17) is 32.7 Å². The molecule has 8 nitrogen and oxygen atoms in total. The van der Waals surface area contributed by atoms with Gasteiger partial charge in [0.25, 0.3) is 5.91 Å². The Morgan fingerprint density at radius 2 is 1.94 bits per heavy atom. The first-order chi connectivity index (χ1) is 16.1. The lowest BCUT2D eigenvalue weighted by atomic mass is 9.96. The lowest BCUT2D eigenvalue weighted by Crippen LogP contribution is -2.35. The summed E-state index contributed by atoms with van der Waals surface area (Å²) < 4.78 is 53.2. The lowest BCUT2D eigenvalue weighted by Gasteiger charge is -2.33. The third kappa shape index (κ3) is 4.45. The molecule has 4 rings (SSSR count). The minimum atomic E-state index is -4.65. The number of ether oxygens (including phenoxy) is 2. The first kappa shape index (κ1) is 24.0. The number of halogens is 5. The minimum absolute atomic E-state index is 0.00996. The SMILES string of the molecule is COc1ccc([C@H]2C[C@H](C(F)(F)F)n3nc(C(=O)Nc4cccnc4Cl)c(Cl)c3N2)cc1OC. The fourth-order valence-electron chi connectivity index (χ4n) is 3.68. The fourth-order valence-corrected chi connectivity index (χ4v) is 4.11. The molecule has 13 heteroatoms. The van der Waals surface area contributed by atoms with Crippen LogP contribution in [-0.4, -0.2) is 41.1 Å². The highest BCUT2D eigenvalue weighted by Gasteiger charge is 2.48. The number of rotatable bonds is 5. The van der Waals surface area contributed by atoms with Gasteiger partial charge in [-0.2, -0.15) is 18.3 Å². The van der Waals surface area contributed by atoms with Crippen molar-refractivity contribution in [3.8, 4) is 11.5 Å². The second kappa shape index (κ2) is 9.22. The first-order valence-electron chi connectivity index (χ1n) is 9.89. The Morgan fingerprint density at radius 3 is 2.59 bits per heavy atom. The van der Waals surface area contributed by atoms with Crippen LogP contribution in [0, 0.1) is 0 Å². The molecule has 0 bridgehead atoms. The molecule has 1 aliphatic rings. The molecule has 0 aliphatic carbocycles. The summed E-state index contributed by atoms with van der Waals surface area (Å²) >= 11 is 12.3. The van der Waals surface area contributed by atoms with Crippen LogP contribution in [0.15, 0.2) is 36.5 Å². The van der Waals surface area contributed by atoms with Crippen molar-refractivity contribution < 1.29 is 27.4 Å². The van der Waals surface area contributed by atoms with E-state index >= 15 is 0 Å². The quantitative estimate of drug-likeness (QED) is 0.435. The van der Waals surface area contributed by atoms with Gasteiger partial charge >= 0.3 is 6.18 Å². The predicted octanol–water partition coefficient (Wildman–Crippen LogP) is 5.51. The molecule has 3 aromatic rings. The number of hydrogen-bond acceptors (Lipinski definition) is 6. The van der Waals surface area contributed by atoms with Crippen molar-refractivity contribution in [3.05, 3.63) is 58.0 Å². The van der Waals surface area contributed by atoms with Crippen LogP contribution in [0.2, 0.25) is 10.2 Å². The van der Waals surface area contributed by atoms with E-state index in [-0.39, 0.29) is 33.8 Å². The topological polar surface area (TPSA) is 90.3 Å². The number of fused-ring (bicyclic) bond motifs is 1. The van der Waals surface area contributed by atoms with Crippen molar-refractivity contribution in [1.29, 1.82) is 0 Å². The number of methoxy groups -OCH3 is 2. The largest absolute Gasteiger partial charge is 0.493 e. The fraction of sp³-hybridized carbons (Fsp3) is 0.286. The molecule has 1 aliphatic heterocycles.